The van der Waals surface area contributed by atoms with Crippen molar-refractivity contribution in [3.63, 3.8) is 0 Å². The van der Waals surface area contributed by atoms with Crippen molar-refractivity contribution in [3.05, 3.63) is 42.0 Å². The SMILES string of the molecule is CCCCN(CC=C(C)c1ccccc1)C(C)=O. The Morgan fingerprint density at radius 1 is 1.22 bits per heavy atom. The van der Waals surface area contributed by atoms with E-state index in [0.717, 1.165) is 19.4 Å². The molecule has 0 N–H and O–H groups in total. The van der Waals surface area contributed by atoms with Crippen LogP contribution in [0.15, 0.2) is 36.4 Å². The first-order valence-electron chi connectivity index (χ1n) is 6.62. The summed E-state index contributed by atoms with van der Waals surface area (Å²) in [5.41, 5.74) is 2.44. The third kappa shape index (κ3) is 4.74. The number of nitrogens with zero attached hydrogens (tertiary/aromatic N) is 1. The van der Waals surface area contributed by atoms with Crippen LogP contribution in [0.4, 0.5) is 0 Å². The van der Waals surface area contributed by atoms with Gasteiger partial charge >= 0.3 is 0 Å². The van der Waals surface area contributed by atoms with Gasteiger partial charge in [0.2, 0.25) is 5.91 Å². The smallest absolute Gasteiger partial charge is 0.219 e. The van der Waals surface area contributed by atoms with Gasteiger partial charge in [-0.05, 0) is 24.5 Å². The first-order chi connectivity index (χ1) is 8.65. The van der Waals surface area contributed by atoms with Gasteiger partial charge in [-0.15, -0.1) is 0 Å². The Balaban J connectivity index is 2.62. The highest BCUT2D eigenvalue weighted by Crippen LogP contribution is 2.12. The minimum Gasteiger partial charge on any atom is -0.339 e. The molecule has 1 aromatic carbocycles. The van der Waals surface area contributed by atoms with E-state index in [-0.39, 0.29) is 5.91 Å². The van der Waals surface area contributed by atoms with E-state index in [1.54, 1.807) is 6.92 Å². The van der Waals surface area contributed by atoms with Gasteiger partial charge < -0.3 is 4.90 Å². The third-order valence-electron chi connectivity index (χ3n) is 3.07. The molecule has 0 bridgehead atoms. The van der Waals surface area contributed by atoms with Gasteiger partial charge in [0.25, 0.3) is 0 Å². The standard InChI is InChI=1S/C16H23NO/c1-4-5-12-17(15(3)18)13-11-14(2)16-9-7-6-8-10-16/h6-11H,4-5,12-13H2,1-3H3. The van der Waals surface area contributed by atoms with Gasteiger partial charge in [0.1, 0.15) is 0 Å². The molecule has 0 aliphatic heterocycles. The molecule has 0 aromatic heterocycles. The molecule has 0 aliphatic rings. The van der Waals surface area contributed by atoms with Crippen LogP contribution in [0.2, 0.25) is 0 Å². The number of amides is 1. The van der Waals surface area contributed by atoms with E-state index < -0.39 is 0 Å². The largest absolute Gasteiger partial charge is 0.339 e. The molecular formula is C16H23NO. The summed E-state index contributed by atoms with van der Waals surface area (Å²) in [5.74, 6) is 0.153. The first-order valence-corrected chi connectivity index (χ1v) is 6.62. The van der Waals surface area contributed by atoms with Gasteiger partial charge in [0, 0.05) is 20.0 Å². The van der Waals surface area contributed by atoms with Gasteiger partial charge in [-0.25, -0.2) is 0 Å². The van der Waals surface area contributed by atoms with Gasteiger partial charge in [0.05, 0.1) is 0 Å². The number of carbonyl (C=O) groups is 1. The molecule has 2 heteroatoms. The van der Waals surface area contributed by atoms with Gasteiger partial charge in [0.15, 0.2) is 0 Å². The average Bonchev–Trinajstić information content (AvgIpc) is 2.39. The van der Waals surface area contributed by atoms with Crippen molar-refractivity contribution >= 4 is 11.5 Å². The summed E-state index contributed by atoms with van der Waals surface area (Å²) in [4.78, 5) is 13.4. The highest BCUT2D eigenvalue weighted by molar-refractivity contribution is 5.74. The van der Waals surface area contributed by atoms with Crippen molar-refractivity contribution in [2.75, 3.05) is 13.1 Å². The number of allylic oxidation sites excluding steroid dienone is 1. The Morgan fingerprint density at radius 3 is 2.44 bits per heavy atom. The van der Waals surface area contributed by atoms with Crippen LogP contribution in [0.25, 0.3) is 5.57 Å². The van der Waals surface area contributed by atoms with Crippen molar-refractivity contribution in [1.82, 2.24) is 4.90 Å². The summed E-state index contributed by atoms with van der Waals surface area (Å²) < 4.78 is 0. The van der Waals surface area contributed by atoms with Crippen LogP contribution in [0.5, 0.6) is 0 Å². The topological polar surface area (TPSA) is 20.3 Å². The van der Waals surface area contributed by atoms with Crippen molar-refractivity contribution in [2.45, 2.75) is 33.6 Å². The molecule has 0 fully saturated rings. The maximum absolute atomic E-state index is 11.5. The molecule has 1 aromatic rings. The fourth-order valence-corrected chi connectivity index (χ4v) is 1.79. The summed E-state index contributed by atoms with van der Waals surface area (Å²) in [6.07, 6.45) is 4.31. The Kier molecular flexibility index (Phi) is 6.20. The lowest BCUT2D eigenvalue weighted by Crippen LogP contribution is -2.29. The van der Waals surface area contributed by atoms with Crippen molar-refractivity contribution in [3.8, 4) is 0 Å². The molecule has 18 heavy (non-hydrogen) atoms. The Labute approximate surface area is 110 Å². The van der Waals surface area contributed by atoms with Crippen molar-refractivity contribution < 1.29 is 4.79 Å². The minimum atomic E-state index is 0.153. The minimum absolute atomic E-state index is 0.153. The lowest BCUT2D eigenvalue weighted by molar-refractivity contribution is -0.128. The number of benzene rings is 1. The molecule has 0 atom stereocenters. The average molecular weight is 245 g/mol. The second-order valence-corrected chi connectivity index (χ2v) is 4.57. The van der Waals surface area contributed by atoms with E-state index in [2.05, 4.69) is 32.1 Å². The molecule has 0 aliphatic carbocycles. The number of rotatable bonds is 6. The molecule has 1 rings (SSSR count). The summed E-state index contributed by atoms with van der Waals surface area (Å²) in [6, 6.07) is 10.3. The van der Waals surface area contributed by atoms with Crippen LogP contribution in [0.3, 0.4) is 0 Å². The molecule has 0 radical (unpaired) electrons. The maximum atomic E-state index is 11.5. The van der Waals surface area contributed by atoms with Crippen LogP contribution in [-0.2, 0) is 4.79 Å². The zero-order chi connectivity index (χ0) is 13.4. The van der Waals surface area contributed by atoms with E-state index in [1.807, 2.05) is 23.1 Å². The fraction of sp³-hybridized carbons (Fsp3) is 0.438. The van der Waals surface area contributed by atoms with Crippen LogP contribution in [0, 0.1) is 0 Å². The van der Waals surface area contributed by atoms with E-state index in [0.29, 0.717) is 6.54 Å². The summed E-state index contributed by atoms with van der Waals surface area (Å²) in [7, 11) is 0. The molecular weight excluding hydrogens is 222 g/mol. The van der Waals surface area contributed by atoms with Gasteiger partial charge in [-0.3, -0.25) is 4.79 Å². The Morgan fingerprint density at radius 2 is 1.89 bits per heavy atom. The van der Waals surface area contributed by atoms with Crippen LogP contribution in [-0.4, -0.2) is 23.9 Å². The number of hydrogen-bond donors (Lipinski definition) is 0. The second kappa shape index (κ2) is 7.70. The fourth-order valence-electron chi connectivity index (χ4n) is 1.79. The number of unbranched alkanes of at least 4 members (excludes halogenated alkanes) is 1. The van der Waals surface area contributed by atoms with Crippen LogP contribution in [0.1, 0.15) is 39.2 Å². The molecule has 98 valence electrons. The van der Waals surface area contributed by atoms with Gasteiger partial charge in [-0.2, -0.15) is 0 Å². The summed E-state index contributed by atoms with van der Waals surface area (Å²) in [6.45, 7) is 7.43. The van der Waals surface area contributed by atoms with Gasteiger partial charge in [-0.1, -0.05) is 49.8 Å². The number of carbonyl (C=O) groups excluding carboxylic acids is 1. The summed E-state index contributed by atoms with van der Waals surface area (Å²) >= 11 is 0. The molecule has 0 saturated carbocycles. The summed E-state index contributed by atoms with van der Waals surface area (Å²) in [5, 5.41) is 0. The molecule has 0 unspecified atom stereocenters. The normalized spacial score (nSPS) is 11.4. The Hall–Kier alpha value is -1.57. The maximum Gasteiger partial charge on any atom is 0.219 e. The molecule has 1 amide bonds. The Bertz CT molecular complexity index is 395. The van der Waals surface area contributed by atoms with Crippen molar-refractivity contribution in [1.29, 1.82) is 0 Å². The van der Waals surface area contributed by atoms with E-state index in [1.165, 1.54) is 11.1 Å². The molecule has 0 heterocycles. The van der Waals surface area contributed by atoms with E-state index in [9.17, 15) is 4.79 Å². The van der Waals surface area contributed by atoms with E-state index in [4.69, 9.17) is 0 Å². The second-order valence-electron chi connectivity index (χ2n) is 4.57. The number of hydrogen-bond acceptors (Lipinski definition) is 1. The predicted molar refractivity (Wildman–Crippen MR) is 77.3 cm³/mol. The van der Waals surface area contributed by atoms with Crippen LogP contribution < -0.4 is 0 Å². The zero-order valence-corrected chi connectivity index (χ0v) is 11.6. The van der Waals surface area contributed by atoms with Crippen LogP contribution >= 0.6 is 0 Å². The first kappa shape index (κ1) is 14.5. The highest BCUT2D eigenvalue weighted by atomic mass is 16.2. The predicted octanol–water partition coefficient (Wildman–Crippen LogP) is 3.74. The van der Waals surface area contributed by atoms with E-state index >= 15 is 0 Å². The molecule has 0 saturated heterocycles. The van der Waals surface area contributed by atoms with Crippen molar-refractivity contribution in [2.24, 2.45) is 0 Å². The molecule has 0 spiro atoms. The lowest BCUT2D eigenvalue weighted by atomic mass is 10.1. The third-order valence-corrected chi connectivity index (χ3v) is 3.07. The lowest BCUT2D eigenvalue weighted by Gasteiger charge is -2.19. The highest BCUT2D eigenvalue weighted by Gasteiger charge is 2.05. The quantitative estimate of drug-likeness (QED) is 0.747. The molecule has 2 nitrogen and oxygen atoms in total. The zero-order valence-electron chi connectivity index (χ0n) is 11.6. The monoisotopic (exact) mass is 245 g/mol.